The summed E-state index contributed by atoms with van der Waals surface area (Å²) in [6.07, 6.45) is 4.93. The molecule has 106 valence electrons. The Hall–Kier alpha value is -1.54. The second kappa shape index (κ2) is 5.45. The monoisotopic (exact) mass is 296 g/mol. The van der Waals surface area contributed by atoms with Crippen LogP contribution in [-0.2, 0) is 4.74 Å². The molecule has 20 heavy (non-hydrogen) atoms. The van der Waals surface area contributed by atoms with Gasteiger partial charge in [-0.1, -0.05) is 23.8 Å². The van der Waals surface area contributed by atoms with E-state index >= 15 is 0 Å². The van der Waals surface area contributed by atoms with Crippen LogP contribution in [0.5, 0.6) is 0 Å². The summed E-state index contributed by atoms with van der Waals surface area (Å²) in [7, 11) is 0. The minimum absolute atomic E-state index is 0.273. The summed E-state index contributed by atoms with van der Waals surface area (Å²) in [5.74, 6) is 0. The molecule has 0 amide bonds. The minimum Gasteiger partial charge on any atom is -0.394 e. The Balaban J connectivity index is 1.98. The van der Waals surface area contributed by atoms with Crippen LogP contribution in [0.3, 0.4) is 0 Å². The van der Waals surface area contributed by atoms with E-state index in [-0.39, 0.29) is 11.8 Å². The van der Waals surface area contributed by atoms with E-state index in [1.165, 1.54) is 6.33 Å². The molecule has 0 bridgehead atoms. The summed E-state index contributed by atoms with van der Waals surface area (Å²) in [5, 5.41) is 19.3. The Bertz CT molecular complexity index is 645. The smallest absolute Gasteiger partial charge is 0.166 e. The van der Waals surface area contributed by atoms with E-state index < -0.39 is 18.4 Å². The summed E-state index contributed by atoms with van der Waals surface area (Å²) in [6, 6.07) is 0. The largest absolute Gasteiger partial charge is 0.394 e. The summed E-state index contributed by atoms with van der Waals surface area (Å²) in [5.41, 5.74) is 1.04. The Labute approximate surface area is 119 Å². The zero-order valence-electron chi connectivity index (χ0n) is 10.4. The first-order chi connectivity index (χ1) is 9.70. The summed E-state index contributed by atoms with van der Waals surface area (Å²) < 4.78 is 7.44. The number of halogens is 1. The molecule has 2 N–H and O–H groups in total. The van der Waals surface area contributed by atoms with E-state index in [0.29, 0.717) is 17.6 Å². The zero-order valence-corrected chi connectivity index (χ0v) is 11.2. The van der Waals surface area contributed by atoms with Crippen molar-refractivity contribution in [2.24, 2.45) is 0 Å². The molecule has 0 saturated heterocycles. The zero-order chi connectivity index (χ0) is 14.1. The Kier molecular flexibility index (Phi) is 3.66. The lowest BCUT2D eigenvalue weighted by atomic mass is 10.2. The third kappa shape index (κ3) is 2.29. The van der Waals surface area contributed by atoms with Crippen LogP contribution in [0.25, 0.3) is 11.2 Å². The first-order valence-corrected chi connectivity index (χ1v) is 6.52. The number of nitrogens with zero attached hydrogens (tertiary/aromatic N) is 4. The molecular weight excluding hydrogens is 284 g/mol. The van der Waals surface area contributed by atoms with E-state index in [0.717, 1.165) is 0 Å². The van der Waals surface area contributed by atoms with Gasteiger partial charge in [0.05, 0.1) is 12.9 Å². The normalized spacial score (nSPS) is 26.9. The number of aliphatic hydroxyl groups is 2. The van der Waals surface area contributed by atoms with Gasteiger partial charge in [-0.3, -0.25) is 4.57 Å². The van der Waals surface area contributed by atoms with Crippen LogP contribution in [0.4, 0.5) is 0 Å². The fraction of sp³-hybridized carbons (Fsp3) is 0.417. The maximum atomic E-state index is 9.78. The Morgan fingerprint density at radius 3 is 3.05 bits per heavy atom. The van der Waals surface area contributed by atoms with Crippen LogP contribution >= 0.6 is 11.6 Å². The van der Waals surface area contributed by atoms with Crippen LogP contribution in [-0.4, -0.2) is 48.5 Å². The predicted octanol–water partition coefficient (Wildman–Crippen LogP) is 0.677. The lowest BCUT2D eigenvalue weighted by molar-refractivity contribution is -0.104. The number of rotatable bonds is 2. The van der Waals surface area contributed by atoms with Gasteiger partial charge in [-0.15, -0.1) is 0 Å². The summed E-state index contributed by atoms with van der Waals surface area (Å²) in [6.45, 7) is -0.273. The molecule has 1 aliphatic rings. The lowest BCUT2D eigenvalue weighted by Gasteiger charge is -2.23. The van der Waals surface area contributed by atoms with Crippen molar-refractivity contribution >= 4 is 22.8 Å². The van der Waals surface area contributed by atoms with Crippen LogP contribution in [0.2, 0.25) is 5.15 Å². The van der Waals surface area contributed by atoms with Gasteiger partial charge in [0.25, 0.3) is 0 Å². The SMILES string of the molecule is OC[C@H]1O[C@H](n2cnc3c(Cl)ncnc32)CC=C[C@@H]1O. The fourth-order valence-corrected chi connectivity index (χ4v) is 2.34. The molecule has 3 heterocycles. The van der Waals surface area contributed by atoms with Gasteiger partial charge in [0.2, 0.25) is 0 Å². The summed E-state index contributed by atoms with van der Waals surface area (Å²) >= 11 is 5.96. The van der Waals surface area contributed by atoms with E-state index in [2.05, 4.69) is 15.0 Å². The number of imidazole rings is 1. The van der Waals surface area contributed by atoms with Gasteiger partial charge in [-0.2, -0.15) is 0 Å². The van der Waals surface area contributed by atoms with E-state index in [9.17, 15) is 10.2 Å². The van der Waals surface area contributed by atoms with Gasteiger partial charge >= 0.3 is 0 Å². The van der Waals surface area contributed by atoms with Crippen molar-refractivity contribution in [3.05, 3.63) is 30.0 Å². The molecule has 2 aromatic heterocycles. The van der Waals surface area contributed by atoms with Crippen molar-refractivity contribution in [3.63, 3.8) is 0 Å². The number of aromatic nitrogens is 4. The first-order valence-electron chi connectivity index (χ1n) is 6.14. The molecule has 7 nitrogen and oxygen atoms in total. The molecule has 0 aromatic carbocycles. The maximum Gasteiger partial charge on any atom is 0.166 e. The number of fused-ring (bicyclic) bond motifs is 1. The average Bonchev–Trinajstić information content (AvgIpc) is 2.79. The van der Waals surface area contributed by atoms with Gasteiger partial charge < -0.3 is 14.9 Å². The average molecular weight is 297 g/mol. The van der Waals surface area contributed by atoms with E-state index in [4.69, 9.17) is 16.3 Å². The molecule has 2 aromatic rings. The number of hydrogen-bond acceptors (Lipinski definition) is 6. The van der Waals surface area contributed by atoms with Gasteiger partial charge in [0, 0.05) is 6.42 Å². The van der Waals surface area contributed by atoms with E-state index in [1.54, 1.807) is 23.0 Å². The van der Waals surface area contributed by atoms with Gasteiger partial charge in [0.1, 0.15) is 30.3 Å². The van der Waals surface area contributed by atoms with Gasteiger partial charge in [0.15, 0.2) is 10.8 Å². The second-order valence-electron chi connectivity index (χ2n) is 4.45. The third-order valence-electron chi connectivity index (χ3n) is 3.19. The Morgan fingerprint density at radius 1 is 1.40 bits per heavy atom. The van der Waals surface area contributed by atoms with Crippen molar-refractivity contribution in [2.75, 3.05) is 6.61 Å². The first kappa shape index (κ1) is 13.4. The third-order valence-corrected chi connectivity index (χ3v) is 3.46. The van der Waals surface area contributed by atoms with Crippen molar-refractivity contribution in [3.8, 4) is 0 Å². The molecule has 1 aliphatic heterocycles. The maximum absolute atomic E-state index is 9.78. The second-order valence-corrected chi connectivity index (χ2v) is 4.81. The molecule has 0 fully saturated rings. The highest BCUT2D eigenvalue weighted by Crippen LogP contribution is 2.26. The predicted molar refractivity (Wildman–Crippen MR) is 71.1 cm³/mol. The quantitative estimate of drug-likeness (QED) is 0.625. The molecule has 8 heteroatoms. The standard InChI is InChI=1S/C12H13ClN4O3/c13-11-10-12(15-5-14-11)17(6-16-10)9-3-1-2-7(19)8(4-18)20-9/h1-2,5-9,18-19H,3-4H2/t7-,8+,9-/m0/s1. The van der Waals surface area contributed by atoms with Crippen molar-refractivity contribution in [2.45, 2.75) is 24.9 Å². The molecule has 3 rings (SSSR count). The van der Waals surface area contributed by atoms with Gasteiger partial charge in [-0.25, -0.2) is 15.0 Å². The number of hydrogen-bond donors (Lipinski definition) is 2. The molecule has 0 radical (unpaired) electrons. The summed E-state index contributed by atoms with van der Waals surface area (Å²) in [4.78, 5) is 12.2. The Morgan fingerprint density at radius 2 is 2.25 bits per heavy atom. The highest BCUT2D eigenvalue weighted by molar-refractivity contribution is 6.33. The van der Waals surface area contributed by atoms with Gasteiger partial charge in [-0.05, 0) is 0 Å². The highest BCUT2D eigenvalue weighted by atomic mass is 35.5. The molecule has 3 atom stereocenters. The van der Waals surface area contributed by atoms with E-state index in [1.807, 2.05) is 0 Å². The molecule has 0 unspecified atom stereocenters. The van der Waals surface area contributed by atoms with Crippen LogP contribution in [0.1, 0.15) is 12.6 Å². The van der Waals surface area contributed by atoms with Crippen LogP contribution in [0.15, 0.2) is 24.8 Å². The highest BCUT2D eigenvalue weighted by Gasteiger charge is 2.26. The van der Waals surface area contributed by atoms with Crippen molar-refractivity contribution < 1.29 is 14.9 Å². The minimum atomic E-state index is -0.835. The molecule has 0 spiro atoms. The lowest BCUT2D eigenvalue weighted by Crippen LogP contribution is -2.32. The topological polar surface area (TPSA) is 93.3 Å². The fourth-order valence-electron chi connectivity index (χ4n) is 2.16. The molecular formula is C12H13ClN4O3. The number of ether oxygens (including phenoxy) is 1. The molecule has 0 saturated carbocycles. The molecule has 0 aliphatic carbocycles. The van der Waals surface area contributed by atoms with Crippen LogP contribution in [0, 0.1) is 0 Å². The van der Waals surface area contributed by atoms with Crippen LogP contribution < -0.4 is 0 Å². The number of aliphatic hydroxyl groups excluding tert-OH is 2. The van der Waals surface area contributed by atoms with Crippen molar-refractivity contribution in [1.82, 2.24) is 19.5 Å². The van der Waals surface area contributed by atoms with Crippen molar-refractivity contribution in [1.29, 1.82) is 0 Å².